The first-order valence-electron chi connectivity index (χ1n) is 6.44. The molecule has 1 aromatic heterocycles. The summed E-state index contributed by atoms with van der Waals surface area (Å²) in [4.78, 5) is 27.3. The minimum absolute atomic E-state index is 0.0492. The number of nitrogens with zero attached hydrogens (tertiary/aromatic N) is 1. The van der Waals surface area contributed by atoms with Crippen LogP contribution in [0, 0.1) is 0 Å². The van der Waals surface area contributed by atoms with Crippen molar-refractivity contribution in [1.29, 1.82) is 0 Å². The summed E-state index contributed by atoms with van der Waals surface area (Å²) in [7, 11) is 0. The number of hydrogen-bond acceptors (Lipinski definition) is 3. The number of nitrogens with one attached hydrogen (secondary N) is 1. The van der Waals surface area contributed by atoms with E-state index in [1.807, 2.05) is 32.0 Å². The molecule has 2 N–H and O–H groups in total. The largest absolute Gasteiger partial charge is 0.531 e. The molecule has 0 fully saturated rings. The molecule has 1 aromatic carbocycles. The molecule has 108 valence electrons. The Labute approximate surface area is 120 Å². The van der Waals surface area contributed by atoms with Gasteiger partial charge in [-0.3, -0.25) is 4.79 Å². The van der Waals surface area contributed by atoms with E-state index in [0.29, 0.717) is 5.69 Å². The van der Waals surface area contributed by atoms with E-state index in [-0.39, 0.29) is 5.91 Å². The summed E-state index contributed by atoms with van der Waals surface area (Å²) in [6, 6.07) is 8.96. The van der Waals surface area contributed by atoms with Gasteiger partial charge in [-0.05, 0) is 43.7 Å². The normalized spacial score (nSPS) is 15.4. The number of carbonyl (C=O) groups is 2. The van der Waals surface area contributed by atoms with Crippen molar-refractivity contribution in [3.8, 4) is 11.3 Å². The van der Waals surface area contributed by atoms with Gasteiger partial charge in [0.2, 0.25) is 5.91 Å². The van der Waals surface area contributed by atoms with E-state index in [2.05, 4.69) is 10.2 Å². The van der Waals surface area contributed by atoms with Gasteiger partial charge in [-0.2, -0.15) is 4.73 Å². The number of carboxylic acid groups (broad SMARTS) is 1. The number of benzene rings is 1. The fourth-order valence-corrected chi connectivity index (χ4v) is 2.48. The van der Waals surface area contributed by atoms with E-state index in [0.717, 1.165) is 16.8 Å². The van der Waals surface area contributed by atoms with Crippen LogP contribution in [0.25, 0.3) is 11.3 Å². The molecule has 1 amide bonds. The SMILES string of the molecule is CC1(C)C(=O)Nc2ccc(-c3cccn3OC(=O)O)cc21. The molecule has 1 aliphatic heterocycles. The number of anilines is 1. The first-order chi connectivity index (χ1) is 9.89. The summed E-state index contributed by atoms with van der Waals surface area (Å²) >= 11 is 0. The van der Waals surface area contributed by atoms with Gasteiger partial charge >= 0.3 is 6.16 Å². The lowest BCUT2D eigenvalue weighted by atomic mass is 9.85. The van der Waals surface area contributed by atoms with Gasteiger partial charge in [0.25, 0.3) is 0 Å². The molecule has 21 heavy (non-hydrogen) atoms. The summed E-state index contributed by atoms with van der Waals surface area (Å²) in [5, 5.41) is 11.6. The van der Waals surface area contributed by atoms with Crippen molar-refractivity contribution in [1.82, 2.24) is 4.73 Å². The maximum atomic E-state index is 11.9. The second-order valence-corrected chi connectivity index (χ2v) is 5.42. The lowest BCUT2D eigenvalue weighted by molar-refractivity contribution is -0.119. The van der Waals surface area contributed by atoms with Crippen molar-refractivity contribution in [3.63, 3.8) is 0 Å². The highest BCUT2D eigenvalue weighted by Crippen LogP contribution is 2.39. The Bertz CT molecular complexity index is 746. The van der Waals surface area contributed by atoms with Crippen molar-refractivity contribution in [2.45, 2.75) is 19.3 Å². The highest BCUT2D eigenvalue weighted by atomic mass is 16.8. The van der Waals surface area contributed by atoms with E-state index >= 15 is 0 Å². The van der Waals surface area contributed by atoms with Crippen LogP contribution in [-0.2, 0) is 10.2 Å². The summed E-state index contributed by atoms with van der Waals surface area (Å²) in [6.45, 7) is 3.70. The standard InChI is InChI=1S/C15H14N2O4/c1-15(2)10-8-9(5-6-11(10)16-13(15)18)12-4-3-7-17(12)21-14(19)20/h3-8H,1-2H3,(H,16,18)(H,19,20). The summed E-state index contributed by atoms with van der Waals surface area (Å²) in [5.41, 5.74) is 2.44. The fraction of sp³-hybridized carbons (Fsp3) is 0.200. The average Bonchev–Trinajstić information content (AvgIpc) is 2.93. The van der Waals surface area contributed by atoms with E-state index in [1.54, 1.807) is 12.1 Å². The minimum atomic E-state index is -1.38. The average molecular weight is 286 g/mol. The Hall–Kier alpha value is -2.76. The molecule has 6 heteroatoms. The molecular weight excluding hydrogens is 272 g/mol. The topological polar surface area (TPSA) is 80.6 Å². The first-order valence-corrected chi connectivity index (χ1v) is 6.44. The van der Waals surface area contributed by atoms with Crippen molar-refractivity contribution in [3.05, 3.63) is 42.1 Å². The number of rotatable bonds is 2. The maximum Gasteiger partial charge on any atom is 0.531 e. The van der Waals surface area contributed by atoms with Gasteiger partial charge in [-0.25, -0.2) is 4.79 Å². The second kappa shape index (κ2) is 4.37. The molecule has 0 saturated carbocycles. The molecule has 6 nitrogen and oxygen atoms in total. The zero-order valence-electron chi connectivity index (χ0n) is 11.6. The Balaban J connectivity index is 2.07. The summed E-state index contributed by atoms with van der Waals surface area (Å²) in [6.07, 6.45) is 0.136. The lowest BCUT2D eigenvalue weighted by Gasteiger charge is -2.16. The molecule has 0 radical (unpaired) electrons. The zero-order valence-corrected chi connectivity index (χ0v) is 11.6. The van der Waals surface area contributed by atoms with Crippen LogP contribution in [-0.4, -0.2) is 21.9 Å². The van der Waals surface area contributed by atoms with Crippen LogP contribution in [0.3, 0.4) is 0 Å². The predicted octanol–water partition coefficient (Wildman–Crippen LogP) is 2.49. The number of fused-ring (bicyclic) bond motifs is 1. The number of aromatic nitrogens is 1. The minimum Gasteiger partial charge on any atom is -0.448 e. The molecule has 0 unspecified atom stereocenters. The van der Waals surface area contributed by atoms with Crippen molar-refractivity contribution < 1.29 is 19.5 Å². The van der Waals surface area contributed by atoms with Gasteiger partial charge in [0.05, 0.1) is 11.1 Å². The first kappa shape index (κ1) is 13.2. The van der Waals surface area contributed by atoms with E-state index in [4.69, 9.17) is 5.11 Å². The van der Waals surface area contributed by atoms with Gasteiger partial charge in [0.1, 0.15) is 0 Å². The van der Waals surface area contributed by atoms with Crippen molar-refractivity contribution in [2.24, 2.45) is 0 Å². The maximum absolute atomic E-state index is 11.9. The molecule has 2 heterocycles. The van der Waals surface area contributed by atoms with E-state index in [1.165, 1.54) is 10.9 Å². The van der Waals surface area contributed by atoms with E-state index in [9.17, 15) is 9.59 Å². The molecule has 0 saturated heterocycles. The van der Waals surface area contributed by atoms with Gasteiger partial charge in [-0.1, -0.05) is 6.07 Å². The summed E-state index contributed by atoms with van der Waals surface area (Å²) < 4.78 is 1.18. The lowest BCUT2D eigenvalue weighted by Crippen LogP contribution is -2.26. The third-order valence-corrected chi connectivity index (χ3v) is 3.69. The van der Waals surface area contributed by atoms with Crippen molar-refractivity contribution >= 4 is 17.7 Å². The van der Waals surface area contributed by atoms with E-state index < -0.39 is 11.6 Å². The molecule has 0 spiro atoms. The quantitative estimate of drug-likeness (QED) is 0.888. The molecule has 0 atom stereocenters. The third kappa shape index (κ3) is 2.05. The number of carbonyl (C=O) groups excluding carboxylic acids is 1. The zero-order chi connectivity index (χ0) is 15.2. The summed E-state index contributed by atoms with van der Waals surface area (Å²) in [5.74, 6) is -0.0492. The second-order valence-electron chi connectivity index (χ2n) is 5.42. The highest BCUT2D eigenvalue weighted by molar-refractivity contribution is 6.06. The van der Waals surface area contributed by atoms with Crippen LogP contribution in [0.4, 0.5) is 10.5 Å². The van der Waals surface area contributed by atoms with Crippen LogP contribution in [0.2, 0.25) is 0 Å². The van der Waals surface area contributed by atoms with Gasteiger partial charge < -0.3 is 15.3 Å². The van der Waals surface area contributed by atoms with Crippen LogP contribution >= 0.6 is 0 Å². The Kier molecular flexibility index (Phi) is 2.76. The van der Waals surface area contributed by atoms with Crippen LogP contribution < -0.4 is 10.2 Å². The molecule has 0 aliphatic carbocycles. The number of hydrogen-bond donors (Lipinski definition) is 2. The molecule has 0 bridgehead atoms. The molecule has 2 aromatic rings. The third-order valence-electron chi connectivity index (χ3n) is 3.69. The van der Waals surface area contributed by atoms with Gasteiger partial charge in [0.15, 0.2) is 0 Å². The highest BCUT2D eigenvalue weighted by Gasteiger charge is 2.38. The monoisotopic (exact) mass is 286 g/mol. The van der Waals surface area contributed by atoms with Gasteiger partial charge in [0, 0.05) is 17.4 Å². The van der Waals surface area contributed by atoms with Crippen LogP contribution in [0.1, 0.15) is 19.4 Å². The van der Waals surface area contributed by atoms with Crippen molar-refractivity contribution in [2.75, 3.05) is 5.32 Å². The smallest absolute Gasteiger partial charge is 0.448 e. The Morgan fingerprint density at radius 2 is 2.10 bits per heavy atom. The van der Waals surface area contributed by atoms with Crippen LogP contribution in [0.5, 0.6) is 0 Å². The molecular formula is C15H14N2O4. The van der Waals surface area contributed by atoms with Gasteiger partial charge in [-0.15, -0.1) is 0 Å². The Morgan fingerprint density at radius 1 is 1.33 bits per heavy atom. The van der Waals surface area contributed by atoms with Crippen LogP contribution in [0.15, 0.2) is 36.5 Å². The molecule has 3 rings (SSSR count). The Morgan fingerprint density at radius 3 is 2.81 bits per heavy atom. The predicted molar refractivity (Wildman–Crippen MR) is 76.1 cm³/mol. The number of amides is 1. The fourth-order valence-electron chi connectivity index (χ4n) is 2.48. The molecule has 1 aliphatic rings.